The van der Waals surface area contributed by atoms with E-state index in [0.29, 0.717) is 6.04 Å². The maximum Gasteiger partial charge on any atom is 0.115 e. The fourth-order valence-corrected chi connectivity index (χ4v) is 2.80. The maximum absolute atomic E-state index is 4.57. The van der Waals surface area contributed by atoms with E-state index in [1.54, 1.807) is 11.3 Å². The van der Waals surface area contributed by atoms with Crippen LogP contribution in [-0.2, 0) is 13.1 Å². The van der Waals surface area contributed by atoms with E-state index in [1.165, 1.54) is 10.4 Å². The van der Waals surface area contributed by atoms with Crippen molar-refractivity contribution < 1.29 is 0 Å². The SMILES string of the molecule is Cc1nn(Cc2nc(C)c(C)s2)cc1CNC(C)C. The molecule has 0 saturated carbocycles. The van der Waals surface area contributed by atoms with Gasteiger partial charge in [0.1, 0.15) is 5.01 Å². The van der Waals surface area contributed by atoms with E-state index in [0.717, 1.165) is 29.5 Å². The van der Waals surface area contributed by atoms with Gasteiger partial charge in [-0.05, 0) is 20.8 Å². The highest BCUT2D eigenvalue weighted by molar-refractivity contribution is 7.11. The molecular weight excluding hydrogens is 256 g/mol. The number of hydrogen-bond acceptors (Lipinski definition) is 4. The van der Waals surface area contributed by atoms with Gasteiger partial charge in [-0.25, -0.2) is 4.98 Å². The third kappa shape index (κ3) is 3.64. The zero-order chi connectivity index (χ0) is 14.0. The van der Waals surface area contributed by atoms with Crippen molar-refractivity contribution in [1.82, 2.24) is 20.1 Å². The molecule has 2 rings (SSSR count). The normalized spacial score (nSPS) is 11.5. The molecule has 0 saturated heterocycles. The molecule has 0 amide bonds. The first-order chi connectivity index (χ1) is 8.95. The summed E-state index contributed by atoms with van der Waals surface area (Å²) in [5.74, 6) is 0. The van der Waals surface area contributed by atoms with E-state index in [9.17, 15) is 0 Å². The van der Waals surface area contributed by atoms with E-state index >= 15 is 0 Å². The van der Waals surface area contributed by atoms with Gasteiger partial charge in [-0.15, -0.1) is 11.3 Å². The molecule has 4 nitrogen and oxygen atoms in total. The first-order valence-electron chi connectivity index (χ1n) is 6.65. The van der Waals surface area contributed by atoms with Gasteiger partial charge in [0.05, 0.1) is 17.9 Å². The van der Waals surface area contributed by atoms with E-state index in [2.05, 4.69) is 56.2 Å². The summed E-state index contributed by atoms with van der Waals surface area (Å²) < 4.78 is 1.99. The van der Waals surface area contributed by atoms with Gasteiger partial charge in [-0.3, -0.25) is 4.68 Å². The van der Waals surface area contributed by atoms with Crippen LogP contribution in [0.2, 0.25) is 0 Å². The molecule has 19 heavy (non-hydrogen) atoms. The number of hydrogen-bond donors (Lipinski definition) is 1. The summed E-state index contributed by atoms with van der Waals surface area (Å²) in [6.45, 7) is 12.2. The van der Waals surface area contributed by atoms with Gasteiger partial charge in [0.25, 0.3) is 0 Å². The van der Waals surface area contributed by atoms with E-state index in [1.807, 2.05) is 4.68 Å². The minimum atomic E-state index is 0.493. The minimum absolute atomic E-state index is 0.493. The maximum atomic E-state index is 4.57. The number of rotatable bonds is 5. The Morgan fingerprint density at radius 2 is 2.00 bits per heavy atom. The summed E-state index contributed by atoms with van der Waals surface area (Å²) in [7, 11) is 0. The van der Waals surface area contributed by atoms with Crippen molar-refractivity contribution in [2.45, 2.75) is 53.8 Å². The predicted octanol–water partition coefficient (Wildman–Crippen LogP) is 2.81. The lowest BCUT2D eigenvalue weighted by Gasteiger charge is -2.06. The smallest absolute Gasteiger partial charge is 0.115 e. The quantitative estimate of drug-likeness (QED) is 0.914. The van der Waals surface area contributed by atoms with Crippen LogP contribution in [-0.4, -0.2) is 20.8 Å². The van der Waals surface area contributed by atoms with Crippen molar-refractivity contribution in [2.24, 2.45) is 0 Å². The Balaban J connectivity index is 2.07. The largest absolute Gasteiger partial charge is 0.310 e. The Labute approximate surface area is 118 Å². The van der Waals surface area contributed by atoms with Gasteiger partial charge < -0.3 is 5.32 Å². The van der Waals surface area contributed by atoms with Crippen LogP contribution >= 0.6 is 11.3 Å². The summed E-state index contributed by atoms with van der Waals surface area (Å²) >= 11 is 1.75. The highest BCUT2D eigenvalue weighted by Gasteiger charge is 2.08. The highest BCUT2D eigenvalue weighted by Crippen LogP contribution is 2.17. The zero-order valence-corrected chi connectivity index (χ0v) is 13.1. The molecule has 0 bridgehead atoms. The lowest BCUT2D eigenvalue weighted by molar-refractivity contribution is 0.587. The molecule has 5 heteroatoms. The second kappa shape index (κ2) is 5.84. The molecule has 0 aromatic carbocycles. The van der Waals surface area contributed by atoms with Crippen molar-refractivity contribution in [3.63, 3.8) is 0 Å². The third-order valence-corrected chi connectivity index (χ3v) is 4.18. The van der Waals surface area contributed by atoms with Gasteiger partial charge in [-0.1, -0.05) is 13.8 Å². The molecular formula is C14H22N4S. The van der Waals surface area contributed by atoms with Crippen molar-refractivity contribution in [1.29, 1.82) is 0 Å². The van der Waals surface area contributed by atoms with Crippen molar-refractivity contribution in [3.8, 4) is 0 Å². The van der Waals surface area contributed by atoms with E-state index in [4.69, 9.17) is 0 Å². The van der Waals surface area contributed by atoms with Crippen molar-refractivity contribution in [2.75, 3.05) is 0 Å². The zero-order valence-electron chi connectivity index (χ0n) is 12.3. The van der Waals surface area contributed by atoms with Crippen LogP contribution < -0.4 is 5.32 Å². The standard InChI is InChI=1S/C14H22N4S/c1-9(2)15-6-13-7-18(17-11(13)4)8-14-16-10(3)12(5)19-14/h7,9,15H,6,8H2,1-5H3. The van der Waals surface area contributed by atoms with Crippen molar-refractivity contribution in [3.05, 3.63) is 33.0 Å². The molecule has 0 atom stereocenters. The lowest BCUT2D eigenvalue weighted by atomic mass is 10.2. The fourth-order valence-electron chi connectivity index (χ4n) is 1.87. The summed E-state index contributed by atoms with van der Waals surface area (Å²) in [4.78, 5) is 5.85. The number of aromatic nitrogens is 3. The predicted molar refractivity (Wildman–Crippen MR) is 79.6 cm³/mol. The average Bonchev–Trinajstić information content (AvgIpc) is 2.80. The Kier molecular flexibility index (Phi) is 4.37. The summed E-state index contributed by atoms with van der Waals surface area (Å²) in [5, 5.41) is 9.12. The Bertz CT molecular complexity index is 534. The second-order valence-corrected chi connectivity index (χ2v) is 6.51. The molecule has 0 fully saturated rings. The van der Waals surface area contributed by atoms with Gasteiger partial charge in [0, 0.05) is 29.2 Å². The minimum Gasteiger partial charge on any atom is -0.310 e. The number of thiazole rings is 1. The third-order valence-electron chi connectivity index (χ3n) is 3.12. The van der Waals surface area contributed by atoms with Crippen LogP contribution in [0.15, 0.2) is 6.20 Å². The molecule has 0 aliphatic heterocycles. The first-order valence-corrected chi connectivity index (χ1v) is 7.46. The molecule has 0 spiro atoms. The fraction of sp³-hybridized carbons (Fsp3) is 0.571. The van der Waals surface area contributed by atoms with Crippen molar-refractivity contribution >= 4 is 11.3 Å². The van der Waals surface area contributed by atoms with Crippen LogP contribution in [0.4, 0.5) is 0 Å². The molecule has 2 aromatic heterocycles. The van der Waals surface area contributed by atoms with Crippen LogP contribution in [0.1, 0.15) is 40.7 Å². The highest BCUT2D eigenvalue weighted by atomic mass is 32.1. The monoisotopic (exact) mass is 278 g/mol. The van der Waals surface area contributed by atoms with Gasteiger partial charge in [0.2, 0.25) is 0 Å². The molecule has 0 radical (unpaired) electrons. The summed E-state index contributed by atoms with van der Waals surface area (Å²) in [6, 6.07) is 0.493. The van der Waals surface area contributed by atoms with Gasteiger partial charge >= 0.3 is 0 Å². The number of nitrogens with one attached hydrogen (secondary N) is 1. The van der Waals surface area contributed by atoms with Gasteiger partial charge in [0.15, 0.2) is 0 Å². The average molecular weight is 278 g/mol. The molecule has 1 N–H and O–H groups in total. The van der Waals surface area contributed by atoms with Crippen LogP contribution in [0.3, 0.4) is 0 Å². The first kappa shape index (κ1) is 14.2. The van der Waals surface area contributed by atoms with Crippen LogP contribution in [0.5, 0.6) is 0 Å². The second-order valence-electron chi connectivity index (χ2n) is 5.22. The summed E-state index contributed by atoms with van der Waals surface area (Å²) in [6.07, 6.45) is 2.12. The summed E-state index contributed by atoms with van der Waals surface area (Å²) in [5.41, 5.74) is 3.49. The van der Waals surface area contributed by atoms with E-state index in [-0.39, 0.29) is 0 Å². The molecule has 0 aliphatic rings. The topological polar surface area (TPSA) is 42.7 Å². The Morgan fingerprint density at radius 3 is 2.58 bits per heavy atom. The molecule has 2 heterocycles. The number of aryl methyl sites for hydroxylation is 3. The Hall–Kier alpha value is -1.20. The molecule has 0 aliphatic carbocycles. The van der Waals surface area contributed by atoms with Crippen LogP contribution in [0, 0.1) is 20.8 Å². The Morgan fingerprint density at radius 1 is 1.26 bits per heavy atom. The van der Waals surface area contributed by atoms with Crippen LogP contribution in [0.25, 0.3) is 0 Å². The lowest BCUT2D eigenvalue weighted by Crippen LogP contribution is -2.21. The molecule has 0 unspecified atom stereocenters. The molecule has 104 valence electrons. The van der Waals surface area contributed by atoms with E-state index < -0.39 is 0 Å². The van der Waals surface area contributed by atoms with Gasteiger partial charge in [-0.2, -0.15) is 5.10 Å². The number of nitrogens with zero attached hydrogens (tertiary/aromatic N) is 3. The molecule has 2 aromatic rings.